The number of hydrogen-bond donors (Lipinski definition) is 1. The van der Waals surface area contributed by atoms with Crippen molar-refractivity contribution < 1.29 is 4.39 Å². The van der Waals surface area contributed by atoms with Crippen molar-refractivity contribution in [1.29, 1.82) is 0 Å². The highest BCUT2D eigenvalue weighted by Crippen LogP contribution is 2.30. The molecule has 0 amide bonds. The van der Waals surface area contributed by atoms with Gasteiger partial charge in [0.15, 0.2) is 0 Å². The maximum absolute atomic E-state index is 13.1. The zero-order valence-corrected chi connectivity index (χ0v) is 10.8. The number of anilines is 2. The van der Waals surface area contributed by atoms with Gasteiger partial charge in [-0.3, -0.25) is 0 Å². The molecule has 0 radical (unpaired) electrons. The summed E-state index contributed by atoms with van der Waals surface area (Å²) in [4.78, 5) is 1.94. The van der Waals surface area contributed by atoms with Gasteiger partial charge in [0.25, 0.3) is 0 Å². The second-order valence-electron chi connectivity index (χ2n) is 4.16. The summed E-state index contributed by atoms with van der Waals surface area (Å²) in [6.07, 6.45) is 0. The van der Waals surface area contributed by atoms with Crippen LogP contribution in [0.2, 0.25) is 5.02 Å². The van der Waals surface area contributed by atoms with Gasteiger partial charge in [0.1, 0.15) is 5.82 Å². The topological polar surface area (TPSA) is 29.3 Å². The Hall–Kier alpha value is -1.74. The van der Waals surface area contributed by atoms with Crippen LogP contribution in [0.15, 0.2) is 42.5 Å². The lowest BCUT2D eigenvalue weighted by Gasteiger charge is -2.21. The summed E-state index contributed by atoms with van der Waals surface area (Å²) in [6, 6.07) is 12.0. The molecule has 0 saturated heterocycles. The third-order valence-corrected chi connectivity index (χ3v) is 3.08. The molecule has 2 aromatic carbocycles. The molecule has 0 aliphatic carbocycles. The Balaban J connectivity index is 2.22. The van der Waals surface area contributed by atoms with E-state index >= 15 is 0 Å². The standard InChI is InChI=1S/C14H14ClFN2/c1-18(9-10-4-2-5-11(16)8-10)13-7-3-6-12(15)14(13)17/h2-8H,9,17H2,1H3. The van der Waals surface area contributed by atoms with Crippen molar-refractivity contribution >= 4 is 23.0 Å². The molecule has 2 rings (SSSR count). The van der Waals surface area contributed by atoms with Gasteiger partial charge in [0, 0.05) is 13.6 Å². The molecule has 0 spiro atoms. The summed E-state index contributed by atoms with van der Waals surface area (Å²) in [5.74, 6) is -0.236. The minimum absolute atomic E-state index is 0.236. The van der Waals surface area contributed by atoms with Crippen molar-refractivity contribution in [3.63, 3.8) is 0 Å². The van der Waals surface area contributed by atoms with Crippen molar-refractivity contribution in [3.8, 4) is 0 Å². The Morgan fingerprint density at radius 2 is 1.94 bits per heavy atom. The van der Waals surface area contributed by atoms with E-state index < -0.39 is 0 Å². The van der Waals surface area contributed by atoms with E-state index in [0.717, 1.165) is 11.3 Å². The molecule has 4 heteroatoms. The fourth-order valence-corrected chi connectivity index (χ4v) is 2.02. The van der Waals surface area contributed by atoms with Crippen LogP contribution in [-0.2, 0) is 6.54 Å². The molecule has 0 aliphatic rings. The first-order valence-electron chi connectivity index (χ1n) is 5.57. The van der Waals surface area contributed by atoms with E-state index in [1.165, 1.54) is 12.1 Å². The zero-order valence-electron chi connectivity index (χ0n) is 10.0. The van der Waals surface area contributed by atoms with Gasteiger partial charge < -0.3 is 10.6 Å². The quantitative estimate of drug-likeness (QED) is 0.857. The largest absolute Gasteiger partial charge is 0.396 e. The zero-order chi connectivity index (χ0) is 13.1. The van der Waals surface area contributed by atoms with Crippen LogP contribution in [0.4, 0.5) is 15.8 Å². The van der Waals surface area contributed by atoms with Crippen molar-refractivity contribution in [2.24, 2.45) is 0 Å². The molecule has 0 atom stereocenters. The molecule has 94 valence electrons. The highest BCUT2D eigenvalue weighted by molar-refractivity contribution is 6.33. The van der Waals surface area contributed by atoms with Crippen LogP contribution in [0.3, 0.4) is 0 Å². The van der Waals surface area contributed by atoms with E-state index in [4.69, 9.17) is 17.3 Å². The van der Waals surface area contributed by atoms with Gasteiger partial charge >= 0.3 is 0 Å². The van der Waals surface area contributed by atoms with Crippen LogP contribution in [0.1, 0.15) is 5.56 Å². The molecule has 0 aromatic heterocycles. The summed E-state index contributed by atoms with van der Waals surface area (Å²) < 4.78 is 13.1. The number of nitrogens with zero attached hydrogens (tertiary/aromatic N) is 1. The Kier molecular flexibility index (Phi) is 3.72. The number of benzene rings is 2. The monoisotopic (exact) mass is 264 g/mol. The average Bonchev–Trinajstić information content (AvgIpc) is 2.32. The maximum atomic E-state index is 13.1. The van der Waals surface area contributed by atoms with E-state index in [-0.39, 0.29) is 5.82 Å². The van der Waals surface area contributed by atoms with E-state index in [9.17, 15) is 4.39 Å². The molecule has 0 fully saturated rings. The molecule has 0 unspecified atom stereocenters. The van der Waals surface area contributed by atoms with E-state index in [0.29, 0.717) is 17.3 Å². The number of hydrogen-bond acceptors (Lipinski definition) is 2. The fraction of sp³-hybridized carbons (Fsp3) is 0.143. The number of rotatable bonds is 3. The molecule has 2 nitrogen and oxygen atoms in total. The van der Waals surface area contributed by atoms with Crippen LogP contribution in [-0.4, -0.2) is 7.05 Å². The molecule has 18 heavy (non-hydrogen) atoms. The summed E-state index contributed by atoms with van der Waals surface area (Å²) in [6.45, 7) is 0.572. The molecule has 0 heterocycles. The Bertz CT molecular complexity index is 557. The first kappa shape index (κ1) is 12.7. The van der Waals surface area contributed by atoms with Crippen molar-refractivity contribution in [1.82, 2.24) is 0 Å². The van der Waals surface area contributed by atoms with Gasteiger partial charge in [-0.25, -0.2) is 4.39 Å². The lowest BCUT2D eigenvalue weighted by Crippen LogP contribution is -2.17. The van der Waals surface area contributed by atoms with Gasteiger partial charge in [-0.1, -0.05) is 29.8 Å². The normalized spacial score (nSPS) is 10.4. The minimum Gasteiger partial charge on any atom is -0.396 e. The van der Waals surface area contributed by atoms with Gasteiger partial charge in [0.05, 0.1) is 16.4 Å². The summed E-state index contributed by atoms with van der Waals surface area (Å²) >= 11 is 5.97. The lowest BCUT2D eigenvalue weighted by molar-refractivity contribution is 0.625. The minimum atomic E-state index is -0.236. The molecule has 2 aromatic rings. The molecule has 2 N–H and O–H groups in total. The summed E-state index contributed by atoms with van der Waals surface area (Å²) in [5.41, 5.74) is 8.18. The Morgan fingerprint density at radius 3 is 2.67 bits per heavy atom. The number of nitrogens with two attached hydrogens (primary N) is 1. The van der Waals surface area contributed by atoms with Gasteiger partial charge in [-0.15, -0.1) is 0 Å². The smallest absolute Gasteiger partial charge is 0.123 e. The van der Waals surface area contributed by atoms with Crippen molar-refractivity contribution in [2.75, 3.05) is 17.7 Å². The van der Waals surface area contributed by atoms with Crippen LogP contribution < -0.4 is 10.6 Å². The summed E-state index contributed by atoms with van der Waals surface area (Å²) in [5, 5.41) is 0.526. The average molecular weight is 265 g/mol. The van der Waals surface area contributed by atoms with Crippen LogP contribution >= 0.6 is 11.6 Å². The molecule has 0 saturated carbocycles. The Morgan fingerprint density at radius 1 is 1.22 bits per heavy atom. The highest BCUT2D eigenvalue weighted by atomic mass is 35.5. The Labute approximate surface area is 111 Å². The van der Waals surface area contributed by atoms with Crippen molar-refractivity contribution in [2.45, 2.75) is 6.54 Å². The third-order valence-electron chi connectivity index (χ3n) is 2.75. The summed E-state index contributed by atoms with van der Waals surface area (Å²) in [7, 11) is 1.90. The second kappa shape index (κ2) is 5.27. The predicted molar refractivity (Wildman–Crippen MR) is 74.4 cm³/mol. The van der Waals surface area contributed by atoms with Crippen LogP contribution in [0.5, 0.6) is 0 Å². The van der Waals surface area contributed by atoms with Gasteiger partial charge in [-0.2, -0.15) is 0 Å². The van der Waals surface area contributed by atoms with Gasteiger partial charge in [0.2, 0.25) is 0 Å². The number of para-hydroxylation sites is 1. The van der Waals surface area contributed by atoms with Crippen molar-refractivity contribution in [3.05, 3.63) is 58.9 Å². The molecular weight excluding hydrogens is 251 g/mol. The molecule has 0 bridgehead atoms. The maximum Gasteiger partial charge on any atom is 0.123 e. The number of halogens is 2. The fourth-order valence-electron chi connectivity index (χ4n) is 1.85. The van der Waals surface area contributed by atoms with E-state index in [1.54, 1.807) is 12.1 Å². The van der Waals surface area contributed by atoms with E-state index in [1.807, 2.05) is 30.1 Å². The number of nitrogen functional groups attached to an aromatic ring is 1. The SMILES string of the molecule is CN(Cc1cccc(F)c1)c1cccc(Cl)c1N. The molecular formula is C14H14ClFN2. The second-order valence-corrected chi connectivity index (χ2v) is 4.57. The third kappa shape index (κ3) is 2.74. The molecule has 0 aliphatic heterocycles. The first-order valence-corrected chi connectivity index (χ1v) is 5.95. The lowest BCUT2D eigenvalue weighted by atomic mass is 10.2. The van der Waals surface area contributed by atoms with Crippen LogP contribution in [0.25, 0.3) is 0 Å². The van der Waals surface area contributed by atoms with Gasteiger partial charge in [-0.05, 0) is 29.8 Å². The van der Waals surface area contributed by atoms with E-state index in [2.05, 4.69) is 0 Å². The first-order chi connectivity index (χ1) is 8.58. The predicted octanol–water partition coefficient (Wildman–Crippen LogP) is 3.70. The highest BCUT2D eigenvalue weighted by Gasteiger charge is 2.08. The van der Waals surface area contributed by atoms with Crippen LogP contribution in [0, 0.1) is 5.82 Å².